The molecule has 2 amide bonds. The molecule has 0 aromatic heterocycles. The Balaban J connectivity index is 1.98. The number of hydrogen-bond donors (Lipinski definition) is 2. The highest BCUT2D eigenvalue weighted by molar-refractivity contribution is 5.99. The Labute approximate surface area is 143 Å². The van der Waals surface area contributed by atoms with Crippen molar-refractivity contribution in [3.63, 3.8) is 0 Å². The summed E-state index contributed by atoms with van der Waals surface area (Å²) in [5, 5.41) is 10.8. The van der Waals surface area contributed by atoms with E-state index >= 15 is 0 Å². The molecule has 2 aromatic rings. The Bertz CT molecular complexity index is 802. The van der Waals surface area contributed by atoms with E-state index in [2.05, 4.69) is 10.9 Å². The van der Waals surface area contributed by atoms with Crippen molar-refractivity contribution in [3.8, 4) is 5.75 Å². The van der Waals surface area contributed by atoms with Crippen LogP contribution in [0.5, 0.6) is 5.75 Å². The van der Waals surface area contributed by atoms with Gasteiger partial charge in [0.2, 0.25) is 0 Å². The van der Waals surface area contributed by atoms with E-state index in [9.17, 15) is 19.7 Å². The number of amides is 2. The van der Waals surface area contributed by atoms with Crippen molar-refractivity contribution in [1.82, 2.24) is 10.9 Å². The van der Waals surface area contributed by atoms with E-state index < -0.39 is 16.7 Å². The molecule has 130 valence electrons. The zero-order valence-electron chi connectivity index (χ0n) is 13.7. The number of nitrogens with one attached hydrogen (secondary N) is 2. The number of rotatable bonds is 5. The molecule has 0 unspecified atom stereocenters. The van der Waals surface area contributed by atoms with Gasteiger partial charge >= 0.3 is 0 Å². The third kappa shape index (κ3) is 4.54. The van der Waals surface area contributed by atoms with Crippen molar-refractivity contribution < 1.29 is 19.2 Å². The third-order valence-electron chi connectivity index (χ3n) is 3.37. The lowest BCUT2D eigenvalue weighted by Crippen LogP contribution is -2.41. The summed E-state index contributed by atoms with van der Waals surface area (Å²) in [4.78, 5) is 34.3. The summed E-state index contributed by atoms with van der Waals surface area (Å²) < 4.78 is 5.28. The van der Waals surface area contributed by atoms with Crippen molar-refractivity contribution in [3.05, 3.63) is 69.3 Å². The van der Waals surface area contributed by atoms with E-state index in [0.717, 1.165) is 0 Å². The second-order valence-corrected chi connectivity index (χ2v) is 5.12. The van der Waals surface area contributed by atoms with Gasteiger partial charge in [-0.2, -0.15) is 0 Å². The van der Waals surface area contributed by atoms with Gasteiger partial charge < -0.3 is 4.74 Å². The maximum atomic E-state index is 12.0. The maximum absolute atomic E-state index is 12.0. The molecule has 2 N–H and O–H groups in total. The van der Waals surface area contributed by atoms with Gasteiger partial charge in [-0.1, -0.05) is 0 Å². The standard InChI is InChI=1S/C17H17N3O5/c1-3-25-14-7-4-12(5-8-14)16(21)18-19-17(22)13-6-9-15(20(23)24)11(2)10-13/h4-10H,3H2,1-2H3,(H,18,21)(H,19,22). The number of nitrogens with zero attached hydrogens (tertiary/aromatic N) is 1. The minimum atomic E-state index is -0.572. The largest absolute Gasteiger partial charge is 0.494 e. The number of aryl methyl sites for hydroxylation is 1. The van der Waals surface area contributed by atoms with Crippen LogP contribution in [0, 0.1) is 17.0 Å². The summed E-state index contributed by atoms with van der Waals surface area (Å²) in [6.45, 7) is 3.92. The number of carbonyl (C=O) groups excluding carboxylic acids is 2. The number of hydrazine groups is 1. The number of nitro benzene ring substituents is 1. The molecule has 0 aliphatic heterocycles. The molecule has 0 heterocycles. The first-order valence-electron chi connectivity index (χ1n) is 7.51. The van der Waals surface area contributed by atoms with Crippen LogP contribution in [0.25, 0.3) is 0 Å². The fourth-order valence-electron chi connectivity index (χ4n) is 2.13. The highest BCUT2D eigenvalue weighted by Crippen LogP contribution is 2.18. The van der Waals surface area contributed by atoms with Gasteiger partial charge in [0.05, 0.1) is 11.5 Å². The summed E-state index contributed by atoms with van der Waals surface area (Å²) in [5.74, 6) is -0.420. The number of benzene rings is 2. The minimum Gasteiger partial charge on any atom is -0.494 e. The quantitative estimate of drug-likeness (QED) is 0.639. The van der Waals surface area contributed by atoms with Crippen LogP contribution in [0.4, 0.5) is 5.69 Å². The highest BCUT2D eigenvalue weighted by Gasteiger charge is 2.14. The number of hydrogen-bond acceptors (Lipinski definition) is 5. The van der Waals surface area contributed by atoms with Crippen LogP contribution in [0.15, 0.2) is 42.5 Å². The molecule has 0 spiro atoms. The van der Waals surface area contributed by atoms with Crippen LogP contribution in [-0.2, 0) is 0 Å². The Morgan fingerprint density at radius 1 is 1.04 bits per heavy atom. The van der Waals surface area contributed by atoms with Crippen LogP contribution in [0.2, 0.25) is 0 Å². The lowest BCUT2D eigenvalue weighted by Gasteiger charge is -2.09. The van der Waals surface area contributed by atoms with Crippen LogP contribution < -0.4 is 15.6 Å². The summed E-state index contributed by atoms with van der Waals surface area (Å²) in [6.07, 6.45) is 0. The molecule has 0 saturated heterocycles. The molecule has 2 aromatic carbocycles. The normalized spacial score (nSPS) is 10.0. The molecular formula is C17H17N3O5. The van der Waals surface area contributed by atoms with Gasteiger partial charge in [0, 0.05) is 22.8 Å². The molecule has 0 bridgehead atoms. The Hall–Kier alpha value is -3.42. The van der Waals surface area contributed by atoms with Crippen molar-refractivity contribution in [1.29, 1.82) is 0 Å². The molecule has 0 saturated carbocycles. The second kappa shape index (κ2) is 7.91. The van der Waals surface area contributed by atoms with Crippen LogP contribution >= 0.6 is 0 Å². The predicted octanol–water partition coefficient (Wildman–Crippen LogP) is 2.38. The van der Waals surface area contributed by atoms with Crippen LogP contribution in [0.3, 0.4) is 0 Å². The van der Waals surface area contributed by atoms with Gasteiger partial charge in [0.25, 0.3) is 17.5 Å². The molecule has 8 heteroatoms. The van der Waals surface area contributed by atoms with Crippen molar-refractivity contribution in [2.24, 2.45) is 0 Å². The van der Waals surface area contributed by atoms with E-state index in [1.165, 1.54) is 25.1 Å². The monoisotopic (exact) mass is 343 g/mol. The SMILES string of the molecule is CCOc1ccc(C(=O)NNC(=O)c2ccc([N+](=O)[O-])c(C)c2)cc1. The van der Waals surface area contributed by atoms with E-state index in [4.69, 9.17) is 4.74 Å². The van der Waals surface area contributed by atoms with Gasteiger partial charge in [-0.05, 0) is 50.2 Å². The first kappa shape index (κ1) is 17.9. The average molecular weight is 343 g/mol. The molecule has 0 aliphatic rings. The molecule has 0 radical (unpaired) electrons. The summed E-state index contributed by atoms with van der Waals surface area (Å²) in [6, 6.07) is 10.4. The van der Waals surface area contributed by atoms with Crippen LogP contribution in [0.1, 0.15) is 33.2 Å². The molecular weight excluding hydrogens is 326 g/mol. The van der Waals surface area contributed by atoms with Crippen LogP contribution in [-0.4, -0.2) is 23.3 Å². The molecule has 0 atom stereocenters. The first-order valence-corrected chi connectivity index (χ1v) is 7.51. The van der Waals surface area contributed by atoms with Gasteiger partial charge in [0.1, 0.15) is 5.75 Å². The Morgan fingerprint density at radius 3 is 2.12 bits per heavy atom. The van der Waals surface area contributed by atoms with Gasteiger partial charge in [0.15, 0.2) is 0 Å². The van der Waals surface area contributed by atoms with E-state index in [-0.39, 0.29) is 11.3 Å². The average Bonchev–Trinajstić information content (AvgIpc) is 2.59. The first-order chi connectivity index (χ1) is 11.9. The smallest absolute Gasteiger partial charge is 0.272 e. The fourth-order valence-corrected chi connectivity index (χ4v) is 2.13. The summed E-state index contributed by atoms with van der Waals surface area (Å²) in [5.41, 5.74) is 5.40. The number of carbonyl (C=O) groups is 2. The van der Waals surface area contributed by atoms with E-state index in [1.807, 2.05) is 6.92 Å². The van der Waals surface area contributed by atoms with Crippen molar-refractivity contribution >= 4 is 17.5 Å². The van der Waals surface area contributed by atoms with Gasteiger partial charge in [-0.25, -0.2) is 0 Å². The van der Waals surface area contributed by atoms with E-state index in [0.29, 0.717) is 23.5 Å². The highest BCUT2D eigenvalue weighted by atomic mass is 16.6. The van der Waals surface area contributed by atoms with Crippen molar-refractivity contribution in [2.45, 2.75) is 13.8 Å². The number of ether oxygens (including phenoxy) is 1. The van der Waals surface area contributed by atoms with Gasteiger partial charge in [-0.3, -0.25) is 30.6 Å². The molecule has 25 heavy (non-hydrogen) atoms. The molecule has 0 fully saturated rings. The zero-order chi connectivity index (χ0) is 18.4. The zero-order valence-corrected chi connectivity index (χ0v) is 13.7. The predicted molar refractivity (Wildman–Crippen MR) is 90.4 cm³/mol. The Kier molecular flexibility index (Phi) is 5.67. The molecule has 0 aliphatic carbocycles. The fraction of sp³-hybridized carbons (Fsp3) is 0.176. The Morgan fingerprint density at radius 2 is 1.60 bits per heavy atom. The molecule has 2 rings (SSSR count). The lowest BCUT2D eigenvalue weighted by molar-refractivity contribution is -0.385. The maximum Gasteiger partial charge on any atom is 0.272 e. The third-order valence-corrected chi connectivity index (χ3v) is 3.37. The summed E-state index contributed by atoms with van der Waals surface area (Å²) >= 11 is 0. The molecule has 8 nitrogen and oxygen atoms in total. The number of nitro groups is 1. The van der Waals surface area contributed by atoms with Crippen molar-refractivity contribution in [2.75, 3.05) is 6.61 Å². The van der Waals surface area contributed by atoms with E-state index in [1.54, 1.807) is 24.3 Å². The minimum absolute atomic E-state index is 0.0741. The second-order valence-electron chi connectivity index (χ2n) is 5.12. The topological polar surface area (TPSA) is 111 Å². The van der Waals surface area contributed by atoms with Gasteiger partial charge in [-0.15, -0.1) is 0 Å². The lowest BCUT2D eigenvalue weighted by atomic mass is 10.1. The summed E-state index contributed by atoms with van der Waals surface area (Å²) in [7, 11) is 0.